The summed E-state index contributed by atoms with van der Waals surface area (Å²) in [5, 5.41) is 3.19. The predicted molar refractivity (Wildman–Crippen MR) is 46.4 cm³/mol. The van der Waals surface area contributed by atoms with Crippen molar-refractivity contribution in [2.75, 3.05) is 6.54 Å². The van der Waals surface area contributed by atoms with E-state index in [4.69, 9.17) is 0 Å². The maximum Gasteiger partial charge on any atom is 0.107 e. The lowest BCUT2D eigenvalue weighted by molar-refractivity contribution is 0.639. The van der Waals surface area contributed by atoms with Gasteiger partial charge in [0.05, 0.1) is 0 Å². The van der Waals surface area contributed by atoms with Crippen molar-refractivity contribution in [2.24, 2.45) is 10.9 Å². The van der Waals surface area contributed by atoms with E-state index in [9.17, 15) is 0 Å². The van der Waals surface area contributed by atoms with Gasteiger partial charge in [-0.3, -0.25) is 4.99 Å². The number of nitrogens with one attached hydrogen (secondary N) is 1. The molecule has 0 fully saturated rings. The summed E-state index contributed by atoms with van der Waals surface area (Å²) in [5.41, 5.74) is 0. The third-order valence-electron chi connectivity index (χ3n) is 2.09. The lowest BCUT2D eigenvalue weighted by Gasteiger charge is -2.18. The van der Waals surface area contributed by atoms with Gasteiger partial charge in [0.25, 0.3) is 0 Å². The smallest absolute Gasteiger partial charge is 0.107 e. The van der Waals surface area contributed by atoms with Gasteiger partial charge in [-0.2, -0.15) is 0 Å². The van der Waals surface area contributed by atoms with E-state index in [1.807, 2.05) is 12.3 Å². The molecule has 0 spiro atoms. The first-order valence-electron chi connectivity index (χ1n) is 4.11. The Morgan fingerprint density at radius 3 is 3.45 bits per heavy atom. The largest absolute Gasteiger partial charge is 0.350 e. The second kappa shape index (κ2) is 2.91. The summed E-state index contributed by atoms with van der Waals surface area (Å²) in [6.07, 6.45) is 10.7. The third kappa shape index (κ3) is 1.34. The second-order valence-electron chi connectivity index (χ2n) is 2.90. The molecule has 0 bridgehead atoms. The van der Waals surface area contributed by atoms with Crippen LogP contribution in [-0.2, 0) is 0 Å². The van der Waals surface area contributed by atoms with Gasteiger partial charge >= 0.3 is 0 Å². The third-order valence-corrected chi connectivity index (χ3v) is 2.09. The topological polar surface area (TPSA) is 24.4 Å². The summed E-state index contributed by atoms with van der Waals surface area (Å²) in [7, 11) is 0. The summed E-state index contributed by atoms with van der Waals surface area (Å²) >= 11 is 0. The van der Waals surface area contributed by atoms with Crippen LogP contribution in [0.25, 0.3) is 0 Å². The van der Waals surface area contributed by atoms with Crippen LogP contribution < -0.4 is 5.32 Å². The normalized spacial score (nSPS) is 28.4. The molecule has 2 nitrogen and oxygen atoms in total. The Hall–Kier alpha value is -1.05. The fraction of sp³-hybridized carbons (Fsp3) is 0.444. The molecule has 1 N–H and O–H groups in total. The Morgan fingerprint density at radius 1 is 1.45 bits per heavy atom. The van der Waals surface area contributed by atoms with Crippen molar-refractivity contribution in [3.8, 4) is 0 Å². The minimum absolute atomic E-state index is 0.541. The van der Waals surface area contributed by atoms with Crippen molar-refractivity contribution in [1.29, 1.82) is 0 Å². The zero-order chi connectivity index (χ0) is 7.52. The molecule has 2 rings (SSSR count). The number of hydrogen-bond acceptors (Lipinski definition) is 2. The van der Waals surface area contributed by atoms with E-state index in [2.05, 4.69) is 22.5 Å². The van der Waals surface area contributed by atoms with Crippen LogP contribution in [0.4, 0.5) is 0 Å². The van der Waals surface area contributed by atoms with Crippen LogP contribution in [0.15, 0.2) is 29.4 Å². The van der Waals surface area contributed by atoms with Gasteiger partial charge in [-0.25, -0.2) is 0 Å². The van der Waals surface area contributed by atoms with E-state index < -0.39 is 0 Å². The molecule has 58 valence electrons. The Labute approximate surface area is 66.7 Å². The van der Waals surface area contributed by atoms with Gasteiger partial charge in [0, 0.05) is 18.7 Å². The van der Waals surface area contributed by atoms with Gasteiger partial charge in [-0.15, -0.1) is 0 Å². The molecule has 2 aliphatic rings. The van der Waals surface area contributed by atoms with Crippen LogP contribution in [0, 0.1) is 5.92 Å². The van der Waals surface area contributed by atoms with E-state index in [0.29, 0.717) is 5.92 Å². The van der Waals surface area contributed by atoms with Crippen molar-refractivity contribution in [3.05, 3.63) is 24.4 Å². The summed E-state index contributed by atoms with van der Waals surface area (Å²) in [6, 6.07) is 0. The van der Waals surface area contributed by atoms with Crippen LogP contribution in [-0.4, -0.2) is 12.4 Å². The lowest BCUT2D eigenvalue weighted by atomic mass is 9.99. The molecular formula is C9H12N2. The summed E-state index contributed by atoms with van der Waals surface area (Å²) in [4.78, 5) is 4.41. The minimum Gasteiger partial charge on any atom is -0.350 e. The van der Waals surface area contributed by atoms with E-state index in [0.717, 1.165) is 12.4 Å². The molecule has 2 heterocycles. The maximum absolute atomic E-state index is 4.41. The number of fused-ring (bicyclic) bond motifs is 1. The molecule has 0 aromatic rings. The SMILES string of the molecule is C1=CNC2=NCCCC2C=C1. The van der Waals surface area contributed by atoms with Crippen LogP contribution in [0.3, 0.4) is 0 Å². The fourth-order valence-corrected chi connectivity index (χ4v) is 1.49. The molecule has 1 unspecified atom stereocenters. The second-order valence-corrected chi connectivity index (χ2v) is 2.90. The van der Waals surface area contributed by atoms with Crippen molar-refractivity contribution in [2.45, 2.75) is 12.8 Å². The van der Waals surface area contributed by atoms with Crippen molar-refractivity contribution in [1.82, 2.24) is 5.32 Å². The molecular weight excluding hydrogens is 136 g/mol. The molecule has 2 heteroatoms. The van der Waals surface area contributed by atoms with Crippen molar-refractivity contribution < 1.29 is 0 Å². The average Bonchev–Trinajstić information content (AvgIpc) is 2.28. The number of nitrogens with zero attached hydrogens (tertiary/aromatic N) is 1. The maximum atomic E-state index is 4.41. The summed E-state index contributed by atoms with van der Waals surface area (Å²) < 4.78 is 0. The average molecular weight is 148 g/mol. The highest BCUT2D eigenvalue weighted by atomic mass is 15.0. The molecule has 0 radical (unpaired) electrons. The molecule has 0 aromatic carbocycles. The van der Waals surface area contributed by atoms with Gasteiger partial charge in [0.2, 0.25) is 0 Å². The highest BCUT2D eigenvalue weighted by Crippen LogP contribution is 2.16. The van der Waals surface area contributed by atoms with Gasteiger partial charge in [-0.1, -0.05) is 12.2 Å². The van der Waals surface area contributed by atoms with Crippen LogP contribution >= 0.6 is 0 Å². The number of hydrogen-bond donors (Lipinski definition) is 1. The summed E-state index contributed by atoms with van der Waals surface area (Å²) in [5.74, 6) is 1.68. The van der Waals surface area contributed by atoms with E-state index in [1.165, 1.54) is 12.8 Å². The molecule has 0 saturated heterocycles. The Balaban J connectivity index is 2.22. The van der Waals surface area contributed by atoms with Gasteiger partial charge < -0.3 is 5.32 Å². The predicted octanol–water partition coefficient (Wildman–Crippen LogP) is 1.47. The standard InChI is InChI=1S/C9H12N2/c1-2-6-10-9-8(4-1)5-3-7-11-9/h1-2,4,6,8H,3,5,7H2,(H,10,11). The molecule has 0 saturated carbocycles. The number of amidine groups is 1. The number of allylic oxidation sites excluding steroid dienone is 2. The highest BCUT2D eigenvalue weighted by Gasteiger charge is 2.15. The van der Waals surface area contributed by atoms with Crippen molar-refractivity contribution in [3.63, 3.8) is 0 Å². The Kier molecular flexibility index (Phi) is 1.76. The van der Waals surface area contributed by atoms with E-state index in [1.54, 1.807) is 0 Å². The van der Waals surface area contributed by atoms with Gasteiger partial charge in [-0.05, 0) is 18.9 Å². The first kappa shape index (κ1) is 6.65. The van der Waals surface area contributed by atoms with Crippen molar-refractivity contribution >= 4 is 5.84 Å². The lowest BCUT2D eigenvalue weighted by Crippen LogP contribution is -2.28. The molecule has 0 aliphatic carbocycles. The fourth-order valence-electron chi connectivity index (χ4n) is 1.49. The first-order chi connectivity index (χ1) is 5.47. The summed E-state index contributed by atoms with van der Waals surface area (Å²) in [6.45, 7) is 0.987. The first-order valence-corrected chi connectivity index (χ1v) is 4.11. The van der Waals surface area contributed by atoms with Crippen LogP contribution in [0.5, 0.6) is 0 Å². The van der Waals surface area contributed by atoms with Crippen LogP contribution in [0.1, 0.15) is 12.8 Å². The van der Waals surface area contributed by atoms with Crippen LogP contribution in [0.2, 0.25) is 0 Å². The zero-order valence-electron chi connectivity index (χ0n) is 6.46. The van der Waals surface area contributed by atoms with Gasteiger partial charge in [0.1, 0.15) is 5.84 Å². The molecule has 1 atom stereocenters. The molecule has 0 aromatic heterocycles. The van der Waals surface area contributed by atoms with E-state index >= 15 is 0 Å². The minimum atomic E-state index is 0.541. The highest BCUT2D eigenvalue weighted by molar-refractivity contribution is 5.87. The quantitative estimate of drug-likeness (QED) is 0.552. The van der Waals surface area contributed by atoms with Gasteiger partial charge in [0.15, 0.2) is 0 Å². The van der Waals surface area contributed by atoms with E-state index in [-0.39, 0.29) is 0 Å². The Bertz CT molecular complexity index is 226. The monoisotopic (exact) mass is 148 g/mol. The molecule has 0 amide bonds. The Morgan fingerprint density at radius 2 is 2.45 bits per heavy atom. The zero-order valence-corrected chi connectivity index (χ0v) is 6.46. The number of aliphatic imine (C=N–C) groups is 1. The molecule has 11 heavy (non-hydrogen) atoms. The number of rotatable bonds is 0. The molecule has 2 aliphatic heterocycles.